The van der Waals surface area contributed by atoms with E-state index < -0.39 is 0 Å². The van der Waals surface area contributed by atoms with E-state index in [1.807, 2.05) is 18.2 Å². The molecule has 1 aliphatic carbocycles. The summed E-state index contributed by atoms with van der Waals surface area (Å²) in [5.74, 6) is 0.918. The van der Waals surface area contributed by atoms with Gasteiger partial charge in [0.05, 0.1) is 6.10 Å². The molecule has 0 aromatic heterocycles. The Morgan fingerprint density at radius 2 is 2.17 bits per heavy atom. The van der Waals surface area contributed by atoms with Crippen LogP contribution in [0.3, 0.4) is 0 Å². The highest BCUT2D eigenvalue weighted by molar-refractivity contribution is 5.27. The van der Waals surface area contributed by atoms with Crippen molar-refractivity contribution in [1.29, 1.82) is 0 Å². The Labute approximate surface area is 109 Å². The predicted octanol–water partition coefficient (Wildman–Crippen LogP) is 2.27. The number of rotatable bonds is 5. The molecule has 18 heavy (non-hydrogen) atoms. The van der Waals surface area contributed by atoms with E-state index in [9.17, 15) is 5.11 Å². The van der Waals surface area contributed by atoms with Crippen molar-refractivity contribution >= 4 is 0 Å². The van der Waals surface area contributed by atoms with Crippen molar-refractivity contribution in [1.82, 2.24) is 5.32 Å². The normalized spacial score (nSPS) is 23.9. The lowest BCUT2D eigenvalue weighted by Gasteiger charge is -2.28. The molecule has 3 nitrogen and oxygen atoms in total. The van der Waals surface area contributed by atoms with Crippen molar-refractivity contribution in [3.8, 4) is 5.75 Å². The number of nitrogens with one attached hydrogen (secondary N) is 1. The van der Waals surface area contributed by atoms with Crippen LogP contribution in [0.4, 0.5) is 0 Å². The minimum absolute atomic E-state index is 0.183. The Bertz CT molecular complexity index is 367. The quantitative estimate of drug-likeness (QED) is 0.787. The lowest BCUT2D eigenvalue weighted by atomic mass is 9.93. The average molecular weight is 249 g/mol. The monoisotopic (exact) mass is 249 g/mol. The third kappa shape index (κ3) is 4.00. The fourth-order valence-corrected chi connectivity index (χ4v) is 2.47. The highest BCUT2D eigenvalue weighted by atomic mass is 16.5. The van der Waals surface area contributed by atoms with Crippen LogP contribution < -0.4 is 10.1 Å². The third-order valence-electron chi connectivity index (χ3n) is 3.50. The Hall–Kier alpha value is -1.06. The minimum Gasteiger partial charge on any atom is -0.492 e. The van der Waals surface area contributed by atoms with Gasteiger partial charge in [-0.15, -0.1) is 0 Å². The first-order valence-electron chi connectivity index (χ1n) is 6.86. The molecule has 0 saturated heterocycles. The molecular weight excluding hydrogens is 226 g/mol. The summed E-state index contributed by atoms with van der Waals surface area (Å²) in [6, 6.07) is 8.32. The van der Waals surface area contributed by atoms with E-state index >= 15 is 0 Å². The lowest BCUT2D eigenvalue weighted by molar-refractivity contribution is 0.0890. The topological polar surface area (TPSA) is 41.5 Å². The average Bonchev–Trinajstić information content (AvgIpc) is 2.37. The summed E-state index contributed by atoms with van der Waals surface area (Å²) in [6.45, 7) is 3.49. The summed E-state index contributed by atoms with van der Waals surface area (Å²) in [7, 11) is 0. The molecule has 1 aliphatic rings. The number of hydrogen-bond donors (Lipinski definition) is 2. The Morgan fingerprint density at radius 1 is 1.33 bits per heavy atom. The van der Waals surface area contributed by atoms with Crippen molar-refractivity contribution in [3.05, 3.63) is 29.8 Å². The van der Waals surface area contributed by atoms with Crippen LogP contribution in [0, 0.1) is 6.92 Å². The molecule has 2 atom stereocenters. The lowest BCUT2D eigenvalue weighted by Crippen LogP contribution is -2.43. The summed E-state index contributed by atoms with van der Waals surface area (Å²) in [4.78, 5) is 0. The SMILES string of the molecule is Cc1cccc(OCCN[C@H]2CCCC[C@@H]2O)c1. The molecule has 1 fully saturated rings. The van der Waals surface area contributed by atoms with Gasteiger partial charge in [-0.1, -0.05) is 25.0 Å². The van der Waals surface area contributed by atoms with E-state index in [0.29, 0.717) is 6.61 Å². The van der Waals surface area contributed by atoms with Crippen molar-refractivity contribution in [2.75, 3.05) is 13.2 Å². The first kappa shape index (κ1) is 13.4. The number of aliphatic hydroxyl groups excluding tert-OH is 1. The van der Waals surface area contributed by atoms with Gasteiger partial charge in [0.25, 0.3) is 0 Å². The van der Waals surface area contributed by atoms with Crippen LogP contribution >= 0.6 is 0 Å². The molecule has 0 bridgehead atoms. The number of aryl methyl sites for hydroxylation is 1. The van der Waals surface area contributed by atoms with Crippen LogP contribution in [0.2, 0.25) is 0 Å². The van der Waals surface area contributed by atoms with Gasteiger partial charge in [-0.2, -0.15) is 0 Å². The van der Waals surface area contributed by atoms with Crippen LogP contribution in [0.1, 0.15) is 31.2 Å². The summed E-state index contributed by atoms with van der Waals surface area (Å²) >= 11 is 0. The van der Waals surface area contributed by atoms with E-state index in [-0.39, 0.29) is 12.1 Å². The molecule has 2 rings (SSSR count). The molecule has 0 unspecified atom stereocenters. The van der Waals surface area contributed by atoms with Gasteiger partial charge in [0.15, 0.2) is 0 Å². The second-order valence-corrected chi connectivity index (χ2v) is 5.08. The predicted molar refractivity (Wildman–Crippen MR) is 72.9 cm³/mol. The fourth-order valence-electron chi connectivity index (χ4n) is 2.47. The number of benzene rings is 1. The smallest absolute Gasteiger partial charge is 0.119 e. The number of aliphatic hydroxyl groups is 1. The first-order valence-corrected chi connectivity index (χ1v) is 6.86. The van der Waals surface area contributed by atoms with Crippen LogP contribution in [-0.2, 0) is 0 Å². The van der Waals surface area contributed by atoms with Crippen molar-refractivity contribution < 1.29 is 9.84 Å². The molecule has 3 heteroatoms. The Kier molecular flexibility index (Phi) is 5.02. The second kappa shape index (κ2) is 6.76. The van der Waals surface area contributed by atoms with Gasteiger partial charge in [-0.3, -0.25) is 0 Å². The fraction of sp³-hybridized carbons (Fsp3) is 0.600. The van der Waals surface area contributed by atoms with Gasteiger partial charge >= 0.3 is 0 Å². The highest BCUT2D eigenvalue weighted by Crippen LogP contribution is 2.18. The molecule has 1 aromatic rings. The standard InChI is InChI=1S/C15H23NO2/c1-12-5-4-6-13(11-12)18-10-9-16-14-7-2-3-8-15(14)17/h4-6,11,14-17H,2-3,7-10H2,1H3/t14-,15-/m0/s1. The summed E-state index contributed by atoms with van der Waals surface area (Å²) in [6.07, 6.45) is 4.19. The molecule has 0 spiro atoms. The van der Waals surface area contributed by atoms with Crippen molar-refractivity contribution in [2.45, 2.75) is 44.8 Å². The Morgan fingerprint density at radius 3 is 2.94 bits per heavy atom. The van der Waals surface area contributed by atoms with Gasteiger partial charge in [0.2, 0.25) is 0 Å². The summed E-state index contributed by atoms with van der Waals surface area (Å²) in [5.41, 5.74) is 1.21. The van der Waals surface area contributed by atoms with Crippen LogP contribution in [0.25, 0.3) is 0 Å². The summed E-state index contributed by atoms with van der Waals surface area (Å²) < 4.78 is 5.67. The van der Waals surface area contributed by atoms with Crippen LogP contribution in [0.15, 0.2) is 24.3 Å². The minimum atomic E-state index is -0.183. The maximum absolute atomic E-state index is 9.82. The molecule has 0 amide bonds. The van der Waals surface area contributed by atoms with E-state index in [2.05, 4.69) is 18.3 Å². The zero-order chi connectivity index (χ0) is 12.8. The highest BCUT2D eigenvalue weighted by Gasteiger charge is 2.21. The van der Waals surface area contributed by atoms with Crippen LogP contribution in [-0.4, -0.2) is 30.4 Å². The molecular formula is C15H23NO2. The molecule has 1 saturated carbocycles. The van der Waals surface area contributed by atoms with Gasteiger partial charge in [0, 0.05) is 12.6 Å². The maximum Gasteiger partial charge on any atom is 0.119 e. The Balaban J connectivity index is 1.66. The molecule has 0 radical (unpaired) electrons. The third-order valence-corrected chi connectivity index (χ3v) is 3.50. The van der Waals surface area contributed by atoms with Gasteiger partial charge in [0.1, 0.15) is 12.4 Å². The zero-order valence-electron chi connectivity index (χ0n) is 11.1. The van der Waals surface area contributed by atoms with E-state index in [4.69, 9.17) is 4.74 Å². The van der Waals surface area contributed by atoms with E-state index in [1.165, 1.54) is 12.0 Å². The molecule has 1 aromatic carbocycles. The van der Waals surface area contributed by atoms with Crippen LogP contribution in [0.5, 0.6) is 5.75 Å². The molecule has 2 N–H and O–H groups in total. The maximum atomic E-state index is 9.82. The molecule has 0 heterocycles. The van der Waals surface area contributed by atoms with Crippen molar-refractivity contribution in [3.63, 3.8) is 0 Å². The van der Waals surface area contributed by atoms with Gasteiger partial charge in [-0.25, -0.2) is 0 Å². The largest absolute Gasteiger partial charge is 0.492 e. The van der Waals surface area contributed by atoms with Crippen molar-refractivity contribution in [2.24, 2.45) is 0 Å². The molecule has 0 aliphatic heterocycles. The van der Waals surface area contributed by atoms with Gasteiger partial charge < -0.3 is 15.2 Å². The first-order chi connectivity index (χ1) is 8.75. The van der Waals surface area contributed by atoms with Gasteiger partial charge in [-0.05, 0) is 37.5 Å². The zero-order valence-corrected chi connectivity index (χ0v) is 11.1. The number of hydrogen-bond acceptors (Lipinski definition) is 3. The van der Waals surface area contributed by atoms with E-state index in [1.54, 1.807) is 0 Å². The van der Waals surface area contributed by atoms with E-state index in [0.717, 1.165) is 31.6 Å². The molecule has 100 valence electrons. The summed E-state index contributed by atoms with van der Waals surface area (Å²) in [5, 5.41) is 13.2. The number of ether oxygens (including phenoxy) is 1. The second-order valence-electron chi connectivity index (χ2n) is 5.08.